The third kappa shape index (κ3) is 18.4. The molecule has 1 unspecified atom stereocenters. The van der Waals surface area contributed by atoms with E-state index in [1.807, 2.05) is 18.2 Å². The zero-order valence-electron chi connectivity index (χ0n) is 14.5. The molecule has 1 rings (SSSR count). The van der Waals surface area contributed by atoms with Crippen molar-refractivity contribution >= 4 is 6.09 Å². The first-order chi connectivity index (χ1) is 10.5. The minimum Gasteiger partial charge on any atom is -0.450 e. The highest BCUT2D eigenvalue weighted by atomic mass is 16.5. The van der Waals surface area contributed by atoms with Crippen LogP contribution in [0.2, 0.25) is 0 Å². The Morgan fingerprint density at radius 2 is 1.82 bits per heavy atom. The molecule has 0 aliphatic heterocycles. The molecule has 0 fully saturated rings. The monoisotopic (exact) mass is 311 g/mol. The maximum Gasteiger partial charge on any atom is 0.404 e. The van der Waals surface area contributed by atoms with E-state index in [4.69, 9.17) is 5.11 Å². The first-order valence-corrected chi connectivity index (χ1v) is 8.06. The SMILES string of the molecule is CCCCC(CC)CO.CCOC(N)=O.Cc1ccccc1. The Morgan fingerprint density at radius 1 is 1.23 bits per heavy atom. The number of aryl methyl sites for hydroxylation is 1. The van der Waals surface area contributed by atoms with Crippen molar-refractivity contribution in [1.82, 2.24) is 0 Å². The Bertz CT molecular complexity index is 337. The normalized spacial score (nSPS) is 10.4. The van der Waals surface area contributed by atoms with Crippen LogP contribution in [0.5, 0.6) is 0 Å². The highest BCUT2D eigenvalue weighted by Crippen LogP contribution is 2.10. The largest absolute Gasteiger partial charge is 0.450 e. The lowest BCUT2D eigenvalue weighted by Crippen LogP contribution is -2.11. The highest BCUT2D eigenvalue weighted by Gasteiger charge is 2.01. The summed E-state index contributed by atoms with van der Waals surface area (Å²) < 4.78 is 4.18. The third-order valence-corrected chi connectivity index (χ3v) is 3.03. The topological polar surface area (TPSA) is 72.6 Å². The van der Waals surface area contributed by atoms with Gasteiger partial charge in [0.25, 0.3) is 0 Å². The molecule has 0 heterocycles. The van der Waals surface area contributed by atoms with Gasteiger partial charge in [-0.15, -0.1) is 0 Å². The molecule has 1 aromatic carbocycles. The van der Waals surface area contributed by atoms with E-state index in [0.717, 1.165) is 6.42 Å². The van der Waals surface area contributed by atoms with E-state index in [1.54, 1.807) is 6.92 Å². The second-order valence-corrected chi connectivity index (χ2v) is 5.01. The van der Waals surface area contributed by atoms with E-state index in [2.05, 4.69) is 43.4 Å². The van der Waals surface area contributed by atoms with Crippen LogP contribution in [0.25, 0.3) is 0 Å². The number of aliphatic hydroxyl groups is 1. The number of carbonyl (C=O) groups is 1. The summed E-state index contributed by atoms with van der Waals surface area (Å²) in [5.74, 6) is 0.560. The highest BCUT2D eigenvalue weighted by molar-refractivity contribution is 5.64. The number of hydrogen-bond acceptors (Lipinski definition) is 3. The number of benzene rings is 1. The average Bonchev–Trinajstić information content (AvgIpc) is 2.50. The molecule has 128 valence electrons. The summed E-state index contributed by atoms with van der Waals surface area (Å²) in [7, 11) is 0. The van der Waals surface area contributed by atoms with Crippen LogP contribution < -0.4 is 5.73 Å². The van der Waals surface area contributed by atoms with Crippen LogP contribution in [0, 0.1) is 12.8 Å². The number of carbonyl (C=O) groups excluding carboxylic acids is 1. The standard InChI is InChI=1S/C8H18O.C7H8.C3H7NO2/c1-3-5-6-8(4-2)7-9;1-7-5-3-2-4-6-7;1-2-6-3(4)5/h8-9H,3-7H2,1-2H3;2-6H,1H3;2H2,1H3,(H2,4,5). The maximum atomic E-state index is 9.60. The van der Waals surface area contributed by atoms with Crippen molar-refractivity contribution in [3.63, 3.8) is 0 Å². The lowest BCUT2D eigenvalue weighted by atomic mass is 10.0. The van der Waals surface area contributed by atoms with Gasteiger partial charge in [0.1, 0.15) is 0 Å². The zero-order chi connectivity index (χ0) is 17.2. The number of hydrogen-bond donors (Lipinski definition) is 2. The number of primary amides is 1. The van der Waals surface area contributed by atoms with Crippen molar-refractivity contribution in [2.75, 3.05) is 13.2 Å². The first-order valence-electron chi connectivity index (χ1n) is 8.06. The van der Waals surface area contributed by atoms with Crippen molar-refractivity contribution in [3.8, 4) is 0 Å². The van der Waals surface area contributed by atoms with Gasteiger partial charge in [-0.1, -0.05) is 69.0 Å². The van der Waals surface area contributed by atoms with Gasteiger partial charge in [-0.05, 0) is 26.2 Å². The van der Waals surface area contributed by atoms with Gasteiger partial charge in [0.05, 0.1) is 6.61 Å². The molecule has 0 aliphatic rings. The molecule has 1 atom stereocenters. The van der Waals surface area contributed by atoms with E-state index in [9.17, 15) is 4.79 Å². The van der Waals surface area contributed by atoms with Crippen LogP contribution in [0.4, 0.5) is 4.79 Å². The summed E-state index contributed by atoms with van der Waals surface area (Å²) in [6.07, 6.45) is 4.12. The third-order valence-electron chi connectivity index (χ3n) is 3.03. The molecule has 0 aliphatic carbocycles. The van der Waals surface area contributed by atoms with Crippen LogP contribution in [-0.2, 0) is 4.74 Å². The summed E-state index contributed by atoms with van der Waals surface area (Å²) >= 11 is 0. The predicted octanol–water partition coefficient (Wildman–Crippen LogP) is 4.29. The molecule has 22 heavy (non-hydrogen) atoms. The van der Waals surface area contributed by atoms with Gasteiger partial charge in [0.15, 0.2) is 0 Å². The van der Waals surface area contributed by atoms with Crippen LogP contribution in [0.15, 0.2) is 30.3 Å². The molecule has 4 heteroatoms. The zero-order valence-corrected chi connectivity index (χ0v) is 14.5. The van der Waals surface area contributed by atoms with Gasteiger partial charge in [0.2, 0.25) is 0 Å². The minimum atomic E-state index is -0.711. The van der Waals surface area contributed by atoms with Gasteiger partial charge < -0.3 is 15.6 Å². The van der Waals surface area contributed by atoms with Crippen LogP contribution in [0.3, 0.4) is 0 Å². The molecule has 0 aromatic heterocycles. The summed E-state index contributed by atoms with van der Waals surface area (Å²) in [6.45, 7) is 8.83. The Morgan fingerprint density at radius 3 is 2.05 bits per heavy atom. The van der Waals surface area contributed by atoms with Crippen LogP contribution in [-0.4, -0.2) is 24.4 Å². The first kappa shape index (κ1) is 22.7. The van der Waals surface area contributed by atoms with E-state index in [-0.39, 0.29) is 0 Å². The number of nitrogens with two attached hydrogens (primary N) is 1. The smallest absolute Gasteiger partial charge is 0.404 e. The van der Waals surface area contributed by atoms with Crippen molar-refractivity contribution in [2.45, 2.75) is 53.4 Å². The summed E-state index contributed by atoms with van der Waals surface area (Å²) in [5, 5.41) is 8.75. The van der Waals surface area contributed by atoms with E-state index >= 15 is 0 Å². The molecule has 0 spiro atoms. The minimum absolute atomic E-state index is 0.356. The molecule has 0 bridgehead atoms. The van der Waals surface area contributed by atoms with Gasteiger partial charge >= 0.3 is 6.09 Å². The number of aliphatic hydroxyl groups excluding tert-OH is 1. The Hall–Kier alpha value is -1.55. The van der Waals surface area contributed by atoms with Crippen molar-refractivity contribution in [1.29, 1.82) is 0 Å². The van der Waals surface area contributed by atoms with E-state index in [1.165, 1.54) is 24.8 Å². The molecule has 0 saturated heterocycles. The van der Waals surface area contributed by atoms with E-state index < -0.39 is 6.09 Å². The van der Waals surface area contributed by atoms with Crippen molar-refractivity contribution in [3.05, 3.63) is 35.9 Å². The fraction of sp³-hybridized carbons (Fsp3) is 0.611. The Balaban J connectivity index is 0. The number of unbranched alkanes of at least 4 members (excludes halogenated alkanes) is 1. The molecule has 3 N–H and O–H groups in total. The van der Waals surface area contributed by atoms with Crippen molar-refractivity contribution < 1.29 is 14.6 Å². The summed E-state index contributed by atoms with van der Waals surface area (Å²) in [6, 6.07) is 10.3. The summed E-state index contributed by atoms with van der Waals surface area (Å²) in [5.41, 5.74) is 5.86. The molecule has 1 aromatic rings. The summed E-state index contributed by atoms with van der Waals surface area (Å²) in [4.78, 5) is 9.60. The molecular formula is C18H33NO3. The average molecular weight is 311 g/mol. The lowest BCUT2D eigenvalue weighted by molar-refractivity contribution is 0.163. The molecular weight excluding hydrogens is 278 g/mol. The fourth-order valence-corrected chi connectivity index (χ4v) is 1.59. The quantitative estimate of drug-likeness (QED) is 0.823. The van der Waals surface area contributed by atoms with Crippen LogP contribution in [0.1, 0.15) is 52.0 Å². The molecule has 4 nitrogen and oxygen atoms in total. The second-order valence-electron chi connectivity index (χ2n) is 5.01. The van der Waals surface area contributed by atoms with Crippen LogP contribution >= 0.6 is 0 Å². The molecule has 1 amide bonds. The van der Waals surface area contributed by atoms with Gasteiger partial charge in [-0.25, -0.2) is 4.79 Å². The Labute approximate surface area is 135 Å². The fourth-order valence-electron chi connectivity index (χ4n) is 1.59. The van der Waals surface area contributed by atoms with Gasteiger partial charge in [-0.3, -0.25) is 0 Å². The Kier molecular flexibility index (Phi) is 18.1. The van der Waals surface area contributed by atoms with E-state index in [0.29, 0.717) is 19.1 Å². The molecule has 0 radical (unpaired) electrons. The van der Waals surface area contributed by atoms with Crippen molar-refractivity contribution in [2.24, 2.45) is 11.7 Å². The number of rotatable bonds is 6. The van der Waals surface area contributed by atoms with Gasteiger partial charge in [-0.2, -0.15) is 0 Å². The number of amides is 1. The second kappa shape index (κ2) is 17.5. The molecule has 0 saturated carbocycles. The van der Waals surface area contributed by atoms with Gasteiger partial charge in [0, 0.05) is 6.61 Å². The predicted molar refractivity (Wildman–Crippen MR) is 92.8 cm³/mol. The lowest BCUT2D eigenvalue weighted by Gasteiger charge is -2.08. The number of ether oxygens (including phenoxy) is 1. The maximum absolute atomic E-state index is 9.60.